The maximum absolute atomic E-state index is 12.5. The van der Waals surface area contributed by atoms with Gasteiger partial charge in [-0.05, 0) is 25.1 Å². The maximum Gasteiger partial charge on any atom is 0.270 e. The van der Waals surface area contributed by atoms with E-state index in [0.717, 1.165) is 0 Å². The van der Waals surface area contributed by atoms with Crippen molar-refractivity contribution in [2.45, 2.75) is 6.92 Å². The molecule has 0 aliphatic heterocycles. The highest BCUT2D eigenvalue weighted by molar-refractivity contribution is 6.07. The van der Waals surface area contributed by atoms with Crippen LogP contribution >= 0.6 is 0 Å². The Morgan fingerprint density at radius 3 is 2.61 bits per heavy atom. The van der Waals surface area contributed by atoms with Crippen molar-refractivity contribution >= 4 is 17.3 Å². The predicted octanol–water partition coefficient (Wildman–Crippen LogP) is 3.25. The third-order valence-corrected chi connectivity index (χ3v) is 3.07. The van der Waals surface area contributed by atoms with Gasteiger partial charge in [-0.3, -0.25) is 14.9 Å². The second kappa shape index (κ2) is 7.26. The minimum atomic E-state index is -0.565. The zero-order valence-corrected chi connectivity index (χ0v) is 12.7. The lowest BCUT2D eigenvalue weighted by molar-refractivity contribution is -0.384. The van der Waals surface area contributed by atoms with Crippen LogP contribution in [0.25, 0.3) is 0 Å². The quantitative estimate of drug-likeness (QED) is 0.652. The van der Waals surface area contributed by atoms with Crippen molar-refractivity contribution < 1.29 is 19.2 Å². The van der Waals surface area contributed by atoms with E-state index in [1.165, 1.54) is 25.3 Å². The number of carbonyl (C=O) groups excluding carboxylic acids is 1. The zero-order chi connectivity index (χ0) is 16.8. The van der Waals surface area contributed by atoms with Crippen LogP contribution in [0.4, 0.5) is 11.4 Å². The molecule has 0 aliphatic rings. The number of rotatable bonds is 6. The number of benzene rings is 2. The fraction of sp³-hybridized carbons (Fsp3) is 0.188. The molecule has 0 radical (unpaired) electrons. The van der Waals surface area contributed by atoms with Gasteiger partial charge in [0, 0.05) is 12.1 Å². The number of nitrogens with one attached hydrogen (secondary N) is 1. The van der Waals surface area contributed by atoms with Gasteiger partial charge in [0.05, 0.1) is 29.9 Å². The van der Waals surface area contributed by atoms with Crippen LogP contribution in [0, 0.1) is 10.1 Å². The van der Waals surface area contributed by atoms with Gasteiger partial charge < -0.3 is 14.8 Å². The monoisotopic (exact) mass is 316 g/mol. The van der Waals surface area contributed by atoms with Crippen molar-refractivity contribution in [3.8, 4) is 11.5 Å². The van der Waals surface area contributed by atoms with Crippen molar-refractivity contribution in [2.24, 2.45) is 0 Å². The van der Waals surface area contributed by atoms with Gasteiger partial charge >= 0.3 is 0 Å². The highest BCUT2D eigenvalue weighted by atomic mass is 16.6. The maximum atomic E-state index is 12.5. The first-order valence-corrected chi connectivity index (χ1v) is 6.92. The van der Waals surface area contributed by atoms with Crippen LogP contribution in [0.1, 0.15) is 17.3 Å². The highest BCUT2D eigenvalue weighted by Gasteiger charge is 2.18. The Balaban J connectivity index is 2.34. The van der Waals surface area contributed by atoms with Gasteiger partial charge in [-0.1, -0.05) is 12.1 Å². The number of carbonyl (C=O) groups is 1. The molecular formula is C16H16N2O5. The zero-order valence-electron chi connectivity index (χ0n) is 12.7. The van der Waals surface area contributed by atoms with E-state index >= 15 is 0 Å². The average molecular weight is 316 g/mol. The molecular weight excluding hydrogens is 300 g/mol. The Hall–Kier alpha value is -3.09. The number of anilines is 1. The summed E-state index contributed by atoms with van der Waals surface area (Å²) in [5.41, 5.74) is 0.370. The van der Waals surface area contributed by atoms with Crippen LogP contribution in [0.15, 0.2) is 42.5 Å². The normalized spacial score (nSPS) is 10.0. The number of para-hydroxylation sites is 2. The summed E-state index contributed by atoms with van der Waals surface area (Å²) in [4.78, 5) is 22.8. The molecule has 0 unspecified atom stereocenters. The first-order chi connectivity index (χ1) is 11.1. The molecule has 2 aromatic carbocycles. The van der Waals surface area contributed by atoms with Crippen LogP contribution in [0.3, 0.4) is 0 Å². The van der Waals surface area contributed by atoms with Gasteiger partial charge in [-0.2, -0.15) is 0 Å². The average Bonchev–Trinajstić information content (AvgIpc) is 2.56. The molecule has 0 saturated carbocycles. The number of nitrogens with zero attached hydrogens (tertiary/aromatic N) is 1. The lowest BCUT2D eigenvalue weighted by Gasteiger charge is -2.12. The molecule has 0 heterocycles. The van der Waals surface area contributed by atoms with Crippen molar-refractivity contribution in [1.82, 2.24) is 0 Å². The van der Waals surface area contributed by atoms with E-state index in [9.17, 15) is 14.9 Å². The molecule has 1 N–H and O–H groups in total. The Bertz CT molecular complexity index is 730. The fourth-order valence-electron chi connectivity index (χ4n) is 2.03. The number of nitro groups is 1. The minimum Gasteiger partial charge on any atom is -0.496 e. The van der Waals surface area contributed by atoms with Crippen LogP contribution in [-0.4, -0.2) is 24.5 Å². The Morgan fingerprint density at radius 1 is 1.22 bits per heavy atom. The van der Waals surface area contributed by atoms with E-state index in [1.807, 2.05) is 6.92 Å². The Labute approximate surface area is 133 Å². The van der Waals surface area contributed by atoms with Crippen LogP contribution in [0.2, 0.25) is 0 Å². The standard InChI is InChI=1S/C16H16N2O5/c1-3-23-15-7-5-4-6-13(15)17-16(19)12-10-11(18(20)21)8-9-14(12)22-2/h4-10H,3H2,1-2H3,(H,17,19). The van der Waals surface area contributed by atoms with Gasteiger partial charge in [0.25, 0.3) is 11.6 Å². The number of ether oxygens (including phenoxy) is 2. The summed E-state index contributed by atoms with van der Waals surface area (Å²) in [5.74, 6) is 0.257. The first kappa shape index (κ1) is 16.3. The molecule has 2 rings (SSSR count). The van der Waals surface area contributed by atoms with E-state index in [0.29, 0.717) is 18.0 Å². The van der Waals surface area contributed by atoms with Crippen LogP contribution < -0.4 is 14.8 Å². The lowest BCUT2D eigenvalue weighted by Crippen LogP contribution is -2.14. The van der Waals surface area contributed by atoms with Crippen molar-refractivity contribution in [3.05, 3.63) is 58.1 Å². The van der Waals surface area contributed by atoms with Gasteiger partial charge in [0.15, 0.2) is 0 Å². The molecule has 1 amide bonds. The molecule has 23 heavy (non-hydrogen) atoms. The van der Waals surface area contributed by atoms with E-state index < -0.39 is 10.8 Å². The SMILES string of the molecule is CCOc1ccccc1NC(=O)c1cc([N+](=O)[O-])ccc1OC. The van der Waals surface area contributed by atoms with E-state index in [1.54, 1.807) is 24.3 Å². The summed E-state index contributed by atoms with van der Waals surface area (Å²) in [6, 6.07) is 10.8. The number of non-ortho nitro benzene ring substituents is 1. The second-order valence-electron chi connectivity index (χ2n) is 4.52. The lowest BCUT2D eigenvalue weighted by atomic mass is 10.1. The summed E-state index contributed by atoms with van der Waals surface area (Å²) < 4.78 is 10.5. The van der Waals surface area contributed by atoms with Crippen molar-refractivity contribution in [1.29, 1.82) is 0 Å². The molecule has 0 atom stereocenters. The topological polar surface area (TPSA) is 90.7 Å². The molecule has 7 nitrogen and oxygen atoms in total. The summed E-state index contributed by atoms with van der Waals surface area (Å²) in [7, 11) is 1.39. The molecule has 0 fully saturated rings. The van der Waals surface area contributed by atoms with Gasteiger partial charge in [-0.15, -0.1) is 0 Å². The van der Waals surface area contributed by atoms with Crippen molar-refractivity contribution in [3.63, 3.8) is 0 Å². The number of nitro benzene ring substituents is 1. The second-order valence-corrected chi connectivity index (χ2v) is 4.52. The van der Waals surface area contributed by atoms with E-state index in [-0.39, 0.29) is 17.0 Å². The molecule has 0 saturated heterocycles. The number of hydrogen-bond donors (Lipinski definition) is 1. The fourth-order valence-corrected chi connectivity index (χ4v) is 2.03. The Morgan fingerprint density at radius 2 is 1.96 bits per heavy atom. The summed E-state index contributed by atoms with van der Waals surface area (Å²) in [6.45, 7) is 2.29. The minimum absolute atomic E-state index is 0.0769. The smallest absolute Gasteiger partial charge is 0.270 e. The molecule has 2 aromatic rings. The summed E-state index contributed by atoms with van der Waals surface area (Å²) >= 11 is 0. The van der Waals surface area contributed by atoms with E-state index in [2.05, 4.69) is 5.32 Å². The largest absolute Gasteiger partial charge is 0.496 e. The number of amides is 1. The van der Waals surface area contributed by atoms with Gasteiger partial charge in [-0.25, -0.2) is 0 Å². The van der Waals surface area contributed by atoms with Gasteiger partial charge in [0.2, 0.25) is 0 Å². The van der Waals surface area contributed by atoms with Crippen LogP contribution in [0.5, 0.6) is 11.5 Å². The third kappa shape index (κ3) is 3.76. The Kier molecular flexibility index (Phi) is 5.14. The molecule has 0 spiro atoms. The summed E-state index contributed by atoms with van der Waals surface area (Å²) in [5, 5.41) is 13.6. The molecule has 0 bridgehead atoms. The third-order valence-electron chi connectivity index (χ3n) is 3.07. The number of hydrogen-bond acceptors (Lipinski definition) is 5. The number of methoxy groups -OCH3 is 1. The van der Waals surface area contributed by atoms with Gasteiger partial charge in [0.1, 0.15) is 11.5 Å². The molecule has 120 valence electrons. The molecule has 7 heteroatoms. The molecule has 0 aromatic heterocycles. The van der Waals surface area contributed by atoms with Crippen LogP contribution in [-0.2, 0) is 0 Å². The highest BCUT2D eigenvalue weighted by Crippen LogP contribution is 2.28. The van der Waals surface area contributed by atoms with Crippen molar-refractivity contribution in [2.75, 3.05) is 19.0 Å². The van der Waals surface area contributed by atoms with E-state index in [4.69, 9.17) is 9.47 Å². The molecule has 0 aliphatic carbocycles. The first-order valence-electron chi connectivity index (χ1n) is 6.92. The summed E-state index contributed by atoms with van der Waals surface area (Å²) in [6.07, 6.45) is 0. The predicted molar refractivity (Wildman–Crippen MR) is 85.2 cm³/mol.